The number of aliphatic hydroxyl groups excluding tert-OH is 1. The van der Waals surface area contributed by atoms with Gasteiger partial charge in [-0.05, 0) is 19.4 Å². The van der Waals surface area contributed by atoms with E-state index in [2.05, 4.69) is 18.5 Å². The Labute approximate surface area is 98.5 Å². The van der Waals surface area contributed by atoms with Crippen molar-refractivity contribution in [1.82, 2.24) is 5.32 Å². The van der Waals surface area contributed by atoms with E-state index in [9.17, 15) is 5.11 Å². The molecule has 0 rings (SSSR count). The van der Waals surface area contributed by atoms with Crippen molar-refractivity contribution in [2.24, 2.45) is 0 Å². The van der Waals surface area contributed by atoms with Crippen LogP contribution in [-0.4, -0.2) is 38.0 Å². The van der Waals surface area contributed by atoms with Gasteiger partial charge in [-0.3, -0.25) is 0 Å². The van der Waals surface area contributed by atoms with Gasteiger partial charge in [-0.25, -0.2) is 0 Å². The van der Waals surface area contributed by atoms with Crippen LogP contribution in [0.15, 0.2) is 37.0 Å². The highest BCUT2D eigenvalue weighted by Gasteiger charge is 2.01. The fourth-order valence-electron chi connectivity index (χ4n) is 1.25. The van der Waals surface area contributed by atoms with Gasteiger partial charge in [0.15, 0.2) is 0 Å². The summed E-state index contributed by atoms with van der Waals surface area (Å²) in [7, 11) is 1.58. The van der Waals surface area contributed by atoms with Crippen LogP contribution in [0.25, 0.3) is 0 Å². The molecule has 1 unspecified atom stereocenters. The molecule has 0 saturated carbocycles. The predicted molar refractivity (Wildman–Crippen MR) is 68.5 cm³/mol. The summed E-state index contributed by atoms with van der Waals surface area (Å²) < 4.78 is 4.82. The molecule has 1 atom stereocenters. The van der Waals surface area contributed by atoms with Crippen molar-refractivity contribution in [3.63, 3.8) is 0 Å². The van der Waals surface area contributed by atoms with E-state index in [0.717, 1.165) is 25.0 Å². The molecular formula is C13H23NO2. The van der Waals surface area contributed by atoms with Crippen molar-refractivity contribution in [3.8, 4) is 0 Å². The van der Waals surface area contributed by atoms with Crippen LogP contribution in [0.3, 0.4) is 0 Å². The Morgan fingerprint density at radius 3 is 2.94 bits per heavy atom. The Bertz CT molecular complexity index is 224. The minimum atomic E-state index is -0.422. The molecule has 3 nitrogen and oxygen atoms in total. The summed E-state index contributed by atoms with van der Waals surface area (Å²) >= 11 is 0. The van der Waals surface area contributed by atoms with Gasteiger partial charge in [0.1, 0.15) is 0 Å². The average molecular weight is 225 g/mol. The number of hydrogen-bond donors (Lipinski definition) is 2. The highest BCUT2D eigenvalue weighted by Crippen LogP contribution is 2.02. The maximum Gasteiger partial charge on any atom is 0.0897 e. The zero-order valence-corrected chi connectivity index (χ0v) is 10.1. The Morgan fingerprint density at radius 2 is 2.31 bits per heavy atom. The molecule has 0 bridgehead atoms. The van der Waals surface area contributed by atoms with Gasteiger partial charge in [0.2, 0.25) is 0 Å². The van der Waals surface area contributed by atoms with E-state index < -0.39 is 6.10 Å². The van der Waals surface area contributed by atoms with Gasteiger partial charge in [-0.1, -0.05) is 37.0 Å². The fraction of sp³-hybridized carbons (Fsp3) is 0.538. The van der Waals surface area contributed by atoms with Crippen LogP contribution in [0.2, 0.25) is 0 Å². The largest absolute Gasteiger partial charge is 0.389 e. The number of methoxy groups -OCH3 is 1. The molecule has 0 saturated heterocycles. The monoisotopic (exact) mass is 225 g/mol. The number of rotatable bonds is 10. The lowest BCUT2D eigenvalue weighted by atomic mass is 10.1. The summed E-state index contributed by atoms with van der Waals surface area (Å²) in [6.45, 7) is 9.35. The second kappa shape index (κ2) is 10.6. The molecule has 0 fully saturated rings. The first kappa shape index (κ1) is 15.1. The Balaban J connectivity index is 3.36. The van der Waals surface area contributed by atoms with Crippen LogP contribution in [0.1, 0.15) is 12.8 Å². The van der Waals surface area contributed by atoms with Gasteiger partial charge in [-0.15, -0.1) is 0 Å². The number of ether oxygens (including phenoxy) is 1. The Morgan fingerprint density at radius 1 is 1.56 bits per heavy atom. The standard InChI is InChI=1S/C13H23NO2/c1-4-5-7-12(2)8-6-9-14-10-13(15)11-16-3/h4-5,7,13-15H,1-2,6,8-11H2,3H3/b7-5-. The van der Waals surface area contributed by atoms with E-state index in [1.807, 2.05) is 12.2 Å². The van der Waals surface area contributed by atoms with Gasteiger partial charge < -0.3 is 15.2 Å². The number of aliphatic hydroxyl groups is 1. The molecule has 0 aliphatic carbocycles. The van der Waals surface area contributed by atoms with Crippen molar-refractivity contribution in [1.29, 1.82) is 0 Å². The topological polar surface area (TPSA) is 41.5 Å². The van der Waals surface area contributed by atoms with Crippen molar-refractivity contribution >= 4 is 0 Å². The third-order valence-corrected chi connectivity index (χ3v) is 2.06. The van der Waals surface area contributed by atoms with Crippen molar-refractivity contribution < 1.29 is 9.84 Å². The highest BCUT2D eigenvalue weighted by molar-refractivity contribution is 5.17. The van der Waals surface area contributed by atoms with Gasteiger partial charge in [-0.2, -0.15) is 0 Å². The second-order valence-electron chi connectivity index (χ2n) is 3.67. The van der Waals surface area contributed by atoms with E-state index in [0.29, 0.717) is 13.2 Å². The molecule has 3 heteroatoms. The number of hydrogen-bond acceptors (Lipinski definition) is 3. The average Bonchev–Trinajstić information content (AvgIpc) is 2.26. The summed E-state index contributed by atoms with van der Waals surface area (Å²) in [6, 6.07) is 0. The quantitative estimate of drug-likeness (QED) is 0.439. The van der Waals surface area contributed by atoms with Crippen LogP contribution >= 0.6 is 0 Å². The summed E-state index contributed by atoms with van der Waals surface area (Å²) in [6.07, 6.45) is 7.14. The molecule has 92 valence electrons. The van der Waals surface area contributed by atoms with Gasteiger partial charge >= 0.3 is 0 Å². The molecule has 0 aliphatic heterocycles. The third kappa shape index (κ3) is 9.65. The molecule has 0 aromatic rings. The molecule has 0 amide bonds. The summed E-state index contributed by atoms with van der Waals surface area (Å²) in [5, 5.41) is 12.5. The first-order valence-corrected chi connectivity index (χ1v) is 5.55. The fourth-order valence-corrected chi connectivity index (χ4v) is 1.25. The smallest absolute Gasteiger partial charge is 0.0897 e. The van der Waals surface area contributed by atoms with Crippen LogP contribution in [0, 0.1) is 0 Å². The molecule has 0 spiro atoms. The third-order valence-electron chi connectivity index (χ3n) is 2.06. The summed E-state index contributed by atoms with van der Waals surface area (Å²) in [5.41, 5.74) is 1.10. The van der Waals surface area contributed by atoms with Gasteiger partial charge in [0.25, 0.3) is 0 Å². The first-order valence-electron chi connectivity index (χ1n) is 5.55. The van der Waals surface area contributed by atoms with Crippen molar-refractivity contribution in [2.75, 3.05) is 26.8 Å². The lowest BCUT2D eigenvalue weighted by molar-refractivity contribution is 0.0647. The molecule has 0 heterocycles. The van der Waals surface area contributed by atoms with E-state index in [4.69, 9.17) is 4.74 Å². The van der Waals surface area contributed by atoms with E-state index >= 15 is 0 Å². The van der Waals surface area contributed by atoms with E-state index in [-0.39, 0.29) is 0 Å². The maximum absolute atomic E-state index is 9.35. The Kier molecular flexibility index (Phi) is 10.0. The van der Waals surface area contributed by atoms with Gasteiger partial charge in [0.05, 0.1) is 12.7 Å². The van der Waals surface area contributed by atoms with Crippen molar-refractivity contribution in [3.05, 3.63) is 37.0 Å². The number of allylic oxidation sites excluding steroid dienone is 4. The maximum atomic E-state index is 9.35. The molecule has 16 heavy (non-hydrogen) atoms. The minimum Gasteiger partial charge on any atom is -0.389 e. The van der Waals surface area contributed by atoms with E-state index in [1.165, 1.54) is 0 Å². The van der Waals surface area contributed by atoms with Crippen LogP contribution in [0.4, 0.5) is 0 Å². The lowest BCUT2D eigenvalue weighted by Crippen LogP contribution is -2.30. The summed E-state index contributed by atoms with van der Waals surface area (Å²) in [4.78, 5) is 0. The van der Waals surface area contributed by atoms with Gasteiger partial charge in [0, 0.05) is 13.7 Å². The lowest BCUT2D eigenvalue weighted by Gasteiger charge is -2.10. The predicted octanol–water partition coefficient (Wildman–Crippen LogP) is 1.66. The van der Waals surface area contributed by atoms with E-state index in [1.54, 1.807) is 13.2 Å². The normalized spacial score (nSPS) is 12.9. The molecule has 0 aliphatic rings. The van der Waals surface area contributed by atoms with Crippen LogP contribution in [0.5, 0.6) is 0 Å². The Hall–Kier alpha value is -0.900. The molecular weight excluding hydrogens is 202 g/mol. The van der Waals surface area contributed by atoms with Crippen molar-refractivity contribution in [2.45, 2.75) is 18.9 Å². The molecule has 2 N–H and O–H groups in total. The highest BCUT2D eigenvalue weighted by atomic mass is 16.5. The molecule has 0 radical (unpaired) electrons. The van der Waals surface area contributed by atoms with Crippen LogP contribution < -0.4 is 5.32 Å². The first-order chi connectivity index (χ1) is 7.70. The minimum absolute atomic E-state index is 0.377. The molecule has 0 aromatic carbocycles. The van der Waals surface area contributed by atoms with Crippen LogP contribution in [-0.2, 0) is 4.74 Å². The summed E-state index contributed by atoms with van der Waals surface area (Å²) in [5.74, 6) is 0. The zero-order valence-electron chi connectivity index (χ0n) is 10.1. The second-order valence-corrected chi connectivity index (χ2v) is 3.67. The zero-order chi connectivity index (χ0) is 12.2. The SMILES string of the molecule is C=C/C=C\C(=C)CCCNCC(O)COC. The molecule has 0 aromatic heterocycles. The number of nitrogens with one attached hydrogen (secondary N) is 1.